The van der Waals surface area contributed by atoms with Crippen molar-refractivity contribution in [3.8, 4) is 17.2 Å². The highest BCUT2D eigenvalue weighted by atomic mass is 32.1. The van der Waals surface area contributed by atoms with Crippen LogP contribution in [0.2, 0.25) is 0 Å². The van der Waals surface area contributed by atoms with Crippen molar-refractivity contribution in [3.63, 3.8) is 0 Å². The fourth-order valence-corrected chi connectivity index (χ4v) is 3.31. The summed E-state index contributed by atoms with van der Waals surface area (Å²) in [5.74, 6) is 1.42. The highest BCUT2D eigenvalue weighted by Crippen LogP contribution is 2.38. The van der Waals surface area contributed by atoms with Crippen LogP contribution < -0.4 is 19.5 Å². The summed E-state index contributed by atoms with van der Waals surface area (Å²) in [6.07, 6.45) is 1.04. The van der Waals surface area contributed by atoms with Gasteiger partial charge in [0.25, 0.3) is 0 Å². The Bertz CT molecular complexity index is 702. The standard InChI is InChI=1S/C17H22N2O4S/c1-6-12-10(2)24-17(18-12)19-15(20)9-11-7-13(21-3)16(23-5)14(8-11)22-4/h7-8H,6,9H2,1-5H3,(H,18,19,20). The predicted octanol–water partition coefficient (Wildman–Crippen LogP) is 3.22. The second-order valence-corrected chi connectivity index (χ2v) is 6.34. The minimum atomic E-state index is -0.138. The first-order chi connectivity index (χ1) is 11.5. The van der Waals surface area contributed by atoms with E-state index in [0.29, 0.717) is 22.4 Å². The summed E-state index contributed by atoms with van der Waals surface area (Å²) in [6, 6.07) is 3.54. The van der Waals surface area contributed by atoms with Crippen LogP contribution in [0.15, 0.2) is 12.1 Å². The van der Waals surface area contributed by atoms with Gasteiger partial charge in [0.15, 0.2) is 16.6 Å². The largest absolute Gasteiger partial charge is 0.493 e. The minimum Gasteiger partial charge on any atom is -0.493 e. The van der Waals surface area contributed by atoms with Gasteiger partial charge in [-0.3, -0.25) is 4.79 Å². The zero-order valence-corrected chi connectivity index (χ0v) is 15.4. The predicted molar refractivity (Wildman–Crippen MR) is 94.7 cm³/mol. The number of carbonyl (C=O) groups excluding carboxylic acids is 1. The number of rotatable bonds is 7. The Hall–Kier alpha value is -2.28. The van der Waals surface area contributed by atoms with Gasteiger partial charge in [-0.25, -0.2) is 4.98 Å². The van der Waals surface area contributed by atoms with Gasteiger partial charge in [0.2, 0.25) is 11.7 Å². The number of carbonyl (C=O) groups is 1. The average molecular weight is 350 g/mol. The lowest BCUT2D eigenvalue weighted by Gasteiger charge is -2.13. The summed E-state index contributed by atoms with van der Waals surface area (Å²) in [5.41, 5.74) is 1.79. The van der Waals surface area contributed by atoms with Gasteiger partial charge < -0.3 is 19.5 Å². The summed E-state index contributed by atoms with van der Waals surface area (Å²) in [4.78, 5) is 17.8. The van der Waals surface area contributed by atoms with Crippen LogP contribution in [-0.2, 0) is 17.6 Å². The molecule has 0 aliphatic rings. The van der Waals surface area contributed by atoms with Crippen LogP contribution in [-0.4, -0.2) is 32.2 Å². The van der Waals surface area contributed by atoms with E-state index in [4.69, 9.17) is 14.2 Å². The van der Waals surface area contributed by atoms with E-state index in [1.54, 1.807) is 33.5 Å². The van der Waals surface area contributed by atoms with Crippen LogP contribution in [0.4, 0.5) is 5.13 Å². The molecule has 1 N–H and O–H groups in total. The van der Waals surface area contributed by atoms with Crippen LogP contribution in [0.1, 0.15) is 23.1 Å². The van der Waals surface area contributed by atoms with Crippen molar-refractivity contribution in [2.45, 2.75) is 26.7 Å². The Morgan fingerprint density at radius 1 is 1.17 bits per heavy atom. The normalized spacial score (nSPS) is 10.4. The maximum absolute atomic E-state index is 12.3. The number of hydrogen-bond donors (Lipinski definition) is 1. The van der Waals surface area contributed by atoms with Crippen LogP contribution in [0.25, 0.3) is 0 Å². The van der Waals surface area contributed by atoms with E-state index in [0.717, 1.165) is 22.6 Å². The quantitative estimate of drug-likeness (QED) is 0.830. The van der Waals surface area contributed by atoms with Gasteiger partial charge in [0, 0.05) is 4.88 Å². The SMILES string of the molecule is CCc1nc(NC(=O)Cc2cc(OC)c(OC)c(OC)c2)sc1C. The average Bonchev–Trinajstić information content (AvgIpc) is 2.92. The van der Waals surface area contributed by atoms with E-state index in [2.05, 4.69) is 10.3 Å². The lowest BCUT2D eigenvalue weighted by atomic mass is 10.1. The molecule has 0 radical (unpaired) electrons. The van der Waals surface area contributed by atoms with Gasteiger partial charge in [-0.05, 0) is 31.0 Å². The molecule has 0 unspecified atom stereocenters. The molecule has 2 aromatic rings. The third-order valence-electron chi connectivity index (χ3n) is 3.56. The Morgan fingerprint density at radius 2 is 1.79 bits per heavy atom. The molecule has 0 aliphatic carbocycles. The number of ether oxygens (including phenoxy) is 3. The Morgan fingerprint density at radius 3 is 2.25 bits per heavy atom. The van der Waals surface area contributed by atoms with Crippen molar-refractivity contribution >= 4 is 22.4 Å². The molecule has 0 spiro atoms. The van der Waals surface area contributed by atoms with E-state index < -0.39 is 0 Å². The van der Waals surface area contributed by atoms with Crippen LogP contribution in [0, 0.1) is 6.92 Å². The zero-order valence-electron chi connectivity index (χ0n) is 14.6. The number of thiazole rings is 1. The molecule has 7 heteroatoms. The van der Waals surface area contributed by atoms with Crippen molar-refractivity contribution in [1.29, 1.82) is 0 Å². The van der Waals surface area contributed by atoms with E-state index in [-0.39, 0.29) is 12.3 Å². The maximum atomic E-state index is 12.3. The summed E-state index contributed by atoms with van der Waals surface area (Å²) < 4.78 is 15.9. The number of aromatic nitrogens is 1. The molecule has 1 aromatic carbocycles. The molecular formula is C17H22N2O4S. The molecule has 1 amide bonds. The zero-order chi connectivity index (χ0) is 17.7. The molecule has 0 bridgehead atoms. The Kier molecular flexibility index (Phi) is 6.03. The van der Waals surface area contributed by atoms with E-state index in [1.165, 1.54) is 11.3 Å². The lowest BCUT2D eigenvalue weighted by molar-refractivity contribution is -0.115. The molecule has 1 heterocycles. The second kappa shape index (κ2) is 8.01. The number of benzene rings is 1. The van der Waals surface area contributed by atoms with Gasteiger partial charge in [-0.1, -0.05) is 6.92 Å². The van der Waals surface area contributed by atoms with Gasteiger partial charge in [-0.2, -0.15) is 0 Å². The number of anilines is 1. The molecule has 0 fully saturated rings. The van der Waals surface area contributed by atoms with Crippen molar-refractivity contribution in [2.75, 3.05) is 26.6 Å². The minimum absolute atomic E-state index is 0.138. The summed E-state index contributed by atoms with van der Waals surface area (Å²) >= 11 is 1.49. The van der Waals surface area contributed by atoms with Crippen molar-refractivity contribution in [2.24, 2.45) is 0 Å². The van der Waals surface area contributed by atoms with Crippen LogP contribution >= 0.6 is 11.3 Å². The fraction of sp³-hybridized carbons (Fsp3) is 0.412. The van der Waals surface area contributed by atoms with Crippen molar-refractivity contribution < 1.29 is 19.0 Å². The van der Waals surface area contributed by atoms with Crippen molar-refractivity contribution in [1.82, 2.24) is 4.98 Å². The van der Waals surface area contributed by atoms with Crippen LogP contribution in [0.3, 0.4) is 0 Å². The number of methoxy groups -OCH3 is 3. The summed E-state index contributed by atoms with van der Waals surface area (Å²) in [5, 5.41) is 3.47. The Balaban J connectivity index is 2.16. The van der Waals surface area contributed by atoms with E-state index >= 15 is 0 Å². The van der Waals surface area contributed by atoms with Crippen molar-refractivity contribution in [3.05, 3.63) is 28.3 Å². The monoisotopic (exact) mass is 350 g/mol. The molecule has 130 valence electrons. The highest BCUT2D eigenvalue weighted by Gasteiger charge is 2.16. The summed E-state index contributed by atoms with van der Waals surface area (Å²) in [7, 11) is 4.64. The molecular weight excluding hydrogens is 328 g/mol. The first-order valence-corrected chi connectivity index (χ1v) is 8.39. The van der Waals surface area contributed by atoms with Gasteiger partial charge >= 0.3 is 0 Å². The molecule has 1 aromatic heterocycles. The third kappa shape index (κ3) is 3.97. The van der Waals surface area contributed by atoms with Gasteiger partial charge in [0.1, 0.15) is 0 Å². The van der Waals surface area contributed by atoms with E-state index in [9.17, 15) is 4.79 Å². The molecule has 24 heavy (non-hydrogen) atoms. The fourth-order valence-electron chi connectivity index (χ4n) is 2.40. The Labute approximate surface area is 145 Å². The maximum Gasteiger partial charge on any atom is 0.230 e. The number of amides is 1. The first-order valence-electron chi connectivity index (χ1n) is 7.57. The number of hydrogen-bond acceptors (Lipinski definition) is 6. The molecule has 2 rings (SSSR count). The highest BCUT2D eigenvalue weighted by molar-refractivity contribution is 7.15. The molecule has 0 atom stereocenters. The molecule has 0 saturated heterocycles. The summed E-state index contributed by atoms with van der Waals surface area (Å²) in [6.45, 7) is 4.05. The first kappa shape index (κ1) is 18.1. The number of nitrogens with one attached hydrogen (secondary N) is 1. The topological polar surface area (TPSA) is 69.7 Å². The third-order valence-corrected chi connectivity index (χ3v) is 4.49. The van der Waals surface area contributed by atoms with E-state index in [1.807, 2.05) is 13.8 Å². The smallest absolute Gasteiger partial charge is 0.230 e. The molecule has 0 aliphatic heterocycles. The molecule has 0 saturated carbocycles. The second-order valence-electron chi connectivity index (χ2n) is 5.13. The van der Waals surface area contributed by atoms with Gasteiger partial charge in [-0.15, -0.1) is 11.3 Å². The lowest BCUT2D eigenvalue weighted by Crippen LogP contribution is -2.14. The molecule has 6 nitrogen and oxygen atoms in total. The number of nitrogens with zero attached hydrogens (tertiary/aromatic N) is 1. The van der Waals surface area contributed by atoms with Gasteiger partial charge in [0.05, 0.1) is 33.4 Å². The number of aryl methyl sites for hydroxylation is 2. The van der Waals surface area contributed by atoms with Crippen LogP contribution in [0.5, 0.6) is 17.2 Å².